The number of benzene rings is 2. The molecule has 5 nitrogen and oxygen atoms in total. The van der Waals surface area contributed by atoms with Crippen LogP contribution in [0, 0.1) is 0 Å². The Morgan fingerprint density at radius 3 is 2.50 bits per heavy atom. The fourth-order valence-corrected chi connectivity index (χ4v) is 3.18. The van der Waals surface area contributed by atoms with E-state index in [2.05, 4.69) is 10.6 Å². The second-order valence-corrected chi connectivity index (χ2v) is 6.56. The molecule has 26 heavy (non-hydrogen) atoms. The van der Waals surface area contributed by atoms with Gasteiger partial charge >= 0.3 is 0 Å². The lowest BCUT2D eigenvalue weighted by Crippen LogP contribution is -2.48. The number of ketones is 1. The van der Waals surface area contributed by atoms with Gasteiger partial charge in [-0.25, -0.2) is 0 Å². The molecule has 2 amide bonds. The number of nitrogens with one attached hydrogen (secondary N) is 2. The Morgan fingerprint density at radius 1 is 1.04 bits per heavy atom. The number of hydrogen-bond donors (Lipinski definition) is 2. The summed E-state index contributed by atoms with van der Waals surface area (Å²) in [5.41, 5.74) is 2.81. The Balaban J connectivity index is 1.61. The third-order valence-corrected chi connectivity index (χ3v) is 4.59. The van der Waals surface area contributed by atoms with Crippen LogP contribution in [0.1, 0.15) is 36.1 Å². The summed E-state index contributed by atoms with van der Waals surface area (Å²) in [6.07, 6.45) is 1.32. The number of carbonyl (C=O) groups excluding carboxylic acids is 3. The zero-order valence-corrected chi connectivity index (χ0v) is 14.7. The zero-order valence-electron chi connectivity index (χ0n) is 14.7. The van der Waals surface area contributed by atoms with Crippen molar-refractivity contribution in [3.8, 4) is 0 Å². The van der Waals surface area contributed by atoms with Crippen LogP contribution in [0.25, 0.3) is 0 Å². The van der Waals surface area contributed by atoms with Gasteiger partial charge in [0.1, 0.15) is 12.1 Å². The van der Waals surface area contributed by atoms with E-state index in [-0.39, 0.29) is 24.0 Å². The number of fused-ring (bicyclic) bond motifs is 1. The first-order valence-corrected chi connectivity index (χ1v) is 8.79. The molecule has 0 heterocycles. The smallest absolute Gasteiger partial charge is 0.243 e. The highest BCUT2D eigenvalue weighted by molar-refractivity contribution is 5.94. The van der Waals surface area contributed by atoms with E-state index in [1.54, 1.807) is 6.92 Å². The number of carbonyl (C=O) groups is 3. The lowest BCUT2D eigenvalue weighted by atomic mass is 9.86. The van der Waals surface area contributed by atoms with E-state index in [4.69, 9.17) is 0 Å². The van der Waals surface area contributed by atoms with Crippen molar-refractivity contribution >= 4 is 17.6 Å². The van der Waals surface area contributed by atoms with E-state index in [0.717, 1.165) is 16.7 Å². The van der Waals surface area contributed by atoms with Crippen molar-refractivity contribution in [3.63, 3.8) is 0 Å². The number of aryl methyl sites for hydroxylation is 1. The van der Waals surface area contributed by atoms with Gasteiger partial charge in [0.15, 0.2) is 5.78 Å². The van der Waals surface area contributed by atoms with E-state index >= 15 is 0 Å². The van der Waals surface area contributed by atoms with Gasteiger partial charge in [-0.15, -0.1) is 0 Å². The predicted molar refractivity (Wildman–Crippen MR) is 98.4 cm³/mol. The molecule has 0 aromatic heterocycles. The normalized spacial score (nSPS) is 17.1. The molecule has 3 rings (SSSR count). The second-order valence-electron chi connectivity index (χ2n) is 6.56. The highest BCUT2D eigenvalue weighted by atomic mass is 16.2. The maximum Gasteiger partial charge on any atom is 0.243 e. The zero-order chi connectivity index (χ0) is 18.5. The molecule has 2 atom stereocenters. The van der Waals surface area contributed by atoms with E-state index in [1.807, 2.05) is 54.6 Å². The number of hydrogen-bond acceptors (Lipinski definition) is 3. The number of rotatable bonds is 5. The molecule has 0 radical (unpaired) electrons. The van der Waals surface area contributed by atoms with E-state index in [9.17, 15) is 14.4 Å². The minimum Gasteiger partial charge on any atom is -0.344 e. The molecule has 5 heteroatoms. The molecule has 0 spiro atoms. The summed E-state index contributed by atoms with van der Waals surface area (Å²) < 4.78 is 0. The van der Waals surface area contributed by atoms with Crippen LogP contribution >= 0.6 is 0 Å². The van der Waals surface area contributed by atoms with Crippen molar-refractivity contribution < 1.29 is 14.4 Å². The largest absolute Gasteiger partial charge is 0.344 e. The molecule has 0 saturated carbocycles. The number of amides is 2. The highest BCUT2D eigenvalue weighted by Gasteiger charge is 2.30. The second kappa shape index (κ2) is 7.95. The molecule has 0 fully saturated rings. The van der Waals surface area contributed by atoms with Gasteiger partial charge in [0.05, 0.1) is 6.42 Å². The summed E-state index contributed by atoms with van der Waals surface area (Å²) >= 11 is 0. The molecule has 2 N–H and O–H groups in total. The van der Waals surface area contributed by atoms with Crippen LogP contribution in [-0.2, 0) is 27.2 Å². The molecule has 1 aliphatic rings. The SMILES string of the molecule is CC(NC(=O)Cc1ccccc1)C(=O)NC1C(=O)CCc2ccccc21. The van der Waals surface area contributed by atoms with Crippen LogP contribution in [0.15, 0.2) is 54.6 Å². The molecule has 134 valence electrons. The summed E-state index contributed by atoms with van der Waals surface area (Å²) in [6, 6.07) is 15.6. The van der Waals surface area contributed by atoms with E-state index in [1.165, 1.54) is 0 Å². The van der Waals surface area contributed by atoms with Crippen molar-refractivity contribution in [2.75, 3.05) is 0 Å². The van der Waals surface area contributed by atoms with E-state index < -0.39 is 12.1 Å². The Morgan fingerprint density at radius 2 is 1.73 bits per heavy atom. The molecular weight excluding hydrogens is 328 g/mol. The first-order valence-electron chi connectivity index (χ1n) is 8.79. The predicted octanol–water partition coefficient (Wildman–Crippen LogP) is 2.11. The topological polar surface area (TPSA) is 75.3 Å². The highest BCUT2D eigenvalue weighted by Crippen LogP contribution is 2.27. The van der Waals surface area contributed by atoms with Crippen molar-refractivity contribution in [1.82, 2.24) is 10.6 Å². The van der Waals surface area contributed by atoms with Crippen molar-refractivity contribution in [2.45, 2.75) is 38.3 Å². The average molecular weight is 350 g/mol. The quantitative estimate of drug-likeness (QED) is 0.867. The van der Waals surface area contributed by atoms with Crippen LogP contribution in [0.3, 0.4) is 0 Å². The Hall–Kier alpha value is -2.95. The fraction of sp³-hybridized carbons (Fsp3) is 0.286. The van der Waals surface area contributed by atoms with Gasteiger partial charge in [0.2, 0.25) is 11.8 Å². The molecule has 0 bridgehead atoms. The first kappa shape index (κ1) is 17.9. The van der Waals surface area contributed by atoms with Gasteiger partial charge in [0.25, 0.3) is 0 Å². The van der Waals surface area contributed by atoms with Gasteiger partial charge in [-0.05, 0) is 30.0 Å². The van der Waals surface area contributed by atoms with Crippen molar-refractivity contribution in [2.24, 2.45) is 0 Å². The van der Waals surface area contributed by atoms with Crippen LogP contribution < -0.4 is 10.6 Å². The maximum absolute atomic E-state index is 12.5. The van der Waals surface area contributed by atoms with Crippen molar-refractivity contribution in [3.05, 3.63) is 71.3 Å². The standard InChI is InChI=1S/C21H22N2O3/c1-14(22-19(25)13-15-7-3-2-4-8-15)21(26)23-20-17-10-6-5-9-16(17)11-12-18(20)24/h2-10,14,20H,11-13H2,1H3,(H,22,25)(H,23,26). The van der Waals surface area contributed by atoms with Crippen molar-refractivity contribution in [1.29, 1.82) is 0 Å². The molecule has 2 unspecified atom stereocenters. The average Bonchev–Trinajstić information content (AvgIpc) is 2.64. The van der Waals surface area contributed by atoms with Gasteiger partial charge in [-0.2, -0.15) is 0 Å². The first-order chi connectivity index (χ1) is 12.5. The molecule has 0 saturated heterocycles. The molecular formula is C21H22N2O3. The molecule has 0 aliphatic heterocycles. The van der Waals surface area contributed by atoms with Gasteiger partial charge in [-0.3, -0.25) is 14.4 Å². The van der Waals surface area contributed by atoms with Gasteiger partial charge in [-0.1, -0.05) is 54.6 Å². The molecule has 1 aliphatic carbocycles. The summed E-state index contributed by atoms with van der Waals surface area (Å²) in [7, 11) is 0. The Labute approximate surface area is 152 Å². The monoisotopic (exact) mass is 350 g/mol. The van der Waals surface area contributed by atoms with Crippen LogP contribution in [0.5, 0.6) is 0 Å². The summed E-state index contributed by atoms with van der Waals surface area (Å²) in [4.78, 5) is 36.9. The van der Waals surface area contributed by atoms with Crippen LogP contribution in [0.2, 0.25) is 0 Å². The summed E-state index contributed by atoms with van der Waals surface area (Å²) in [5, 5.41) is 5.48. The lowest BCUT2D eigenvalue weighted by Gasteiger charge is -2.26. The van der Waals surface area contributed by atoms with Gasteiger partial charge in [0, 0.05) is 6.42 Å². The number of Topliss-reactive ketones (excluding diaryl/α,β-unsaturated/α-hetero) is 1. The third-order valence-electron chi connectivity index (χ3n) is 4.59. The maximum atomic E-state index is 12.5. The Kier molecular flexibility index (Phi) is 5.46. The summed E-state index contributed by atoms with van der Waals surface area (Å²) in [6.45, 7) is 1.62. The molecule has 2 aromatic rings. The van der Waals surface area contributed by atoms with Gasteiger partial charge < -0.3 is 10.6 Å². The minimum atomic E-state index is -0.715. The lowest BCUT2D eigenvalue weighted by molar-refractivity contribution is -0.131. The Bertz CT molecular complexity index is 817. The minimum absolute atomic E-state index is 0.000128. The van der Waals surface area contributed by atoms with Crippen LogP contribution in [-0.4, -0.2) is 23.6 Å². The fourth-order valence-electron chi connectivity index (χ4n) is 3.18. The molecule has 2 aromatic carbocycles. The van der Waals surface area contributed by atoms with E-state index in [0.29, 0.717) is 12.8 Å². The third kappa shape index (κ3) is 4.17. The van der Waals surface area contributed by atoms with Crippen LogP contribution in [0.4, 0.5) is 0 Å². The summed E-state index contributed by atoms with van der Waals surface area (Å²) in [5.74, 6) is -0.587.